The molecule has 1 amide bonds. The summed E-state index contributed by atoms with van der Waals surface area (Å²) in [7, 11) is 0. The quantitative estimate of drug-likeness (QED) is 0.503. The zero-order valence-corrected chi connectivity index (χ0v) is 18.4. The third-order valence-electron chi connectivity index (χ3n) is 6.49. The normalized spacial score (nSPS) is 17.8. The van der Waals surface area contributed by atoms with Crippen molar-refractivity contribution in [2.24, 2.45) is 0 Å². The van der Waals surface area contributed by atoms with Crippen LogP contribution in [0.25, 0.3) is 0 Å². The number of anilines is 1. The minimum atomic E-state index is -0.848. The number of nitrogen functional groups attached to an aromatic ring is 1. The molecule has 32 heavy (non-hydrogen) atoms. The molecule has 1 saturated heterocycles. The Morgan fingerprint density at radius 3 is 2.09 bits per heavy atom. The number of carbonyl (C=O) groups is 1. The highest BCUT2D eigenvalue weighted by Crippen LogP contribution is 2.33. The smallest absolute Gasteiger partial charge is 0.235 e. The van der Waals surface area contributed by atoms with Gasteiger partial charge in [-0.3, -0.25) is 9.69 Å². The van der Waals surface area contributed by atoms with E-state index in [1.807, 2.05) is 91.9 Å². The highest BCUT2D eigenvalue weighted by molar-refractivity contribution is 5.92. The van der Waals surface area contributed by atoms with Crippen molar-refractivity contribution in [3.8, 4) is 0 Å². The Kier molecular flexibility index (Phi) is 6.58. The lowest BCUT2D eigenvalue weighted by Crippen LogP contribution is -2.47. The highest BCUT2D eigenvalue weighted by atomic mass is 16.3. The predicted molar refractivity (Wildman–Crippen MR) is 128 cm³/mol. The monoisotopic (exact) mass is 429 g/mol. The van der Waals surface area contributed by atoms with Crippen LogP contribution in [0.4, 0.5) is 5.69 Å². The first-order valence-electron chi connectivity index (χ1n) is 11.1. The average Bonchev–Trinajstić information content (AvgIpc) is 3.24. The summed E-state index contributed by atoms with van der Waals surface area (Å²) >= 11 is 0. The van der Waals surface area contributed by atoms with Crippen molar-refractivity contribution in [3.05, 3.63) is 102 Å². The van der Waals surface area contributed by atoms with E-state index in [0.29, 0.717) is 18.8 Å². The number of nitrogens with two attached hydrogens (primary N) is 1. The van der Waals surface area contributed by atoms with Gasteiger partial charge in [0.15, 0.2) is 0 Å². The number of aliphatic hydroxyl groups is 1. The van der Waals surface area contributed by atoms with Gasteiger partial charge in [0, 0.05) is 25.3 Å². The summed E-state index contributed by atoms with van der Waals surface area (Å²) in [6, 6.07) is 27.2. The molecule has 0 bridgehead atoms. The second kappa shape index (κ2) is 9.55. The molecule has 1 unspecified atom stereocenters. The second-order valence-corrected chi connectivity index (χ2v) is 8.75. The fourth-order valence-corrected chi connectivity index (χ4v) is 4.47. The van der Waals surface area contributed by atoms with Crippen molar-refractivity contribution in [1.29, 1.82) is 0 Å². The lowest BCUT2D eigenvalue weighted by Gasteiger charge is -2.33. The summed E-state index contributed by atoms with van der Waals surface area (Å²) in [6.07, 6.45) is 0.449. The molecule has 0 saturated carbocycles. The zero-order chi connectivity index (χ0) is 22.6. The number of nitrogens with zero attached hydrogens (tertiary/aromatic N) is 1. The summed E-state index contributed by atoms with van der Waals surface area (Å²) in [5.41, 5.74) is 8.62. The van der Waals surface area contributed by atoms with E-state index in [0.717, 1.165) is 29.7 Å². The third kappa shape index (κ3) is 4.69. The van der Waals surface area contributed by atoms with Crippen molar-refractivity contribution < 1.29 is 9.90 Å². The van der Waals surface area contributed by atoms with Gasteiger partial charge in [-0.2, -0.15) is 0 Å². The van der Waals surface area contributed by atoms with Crippen LogP contribution in [0, 0.1) is 0 Å². The number of carbonyl (C=O) groups excluding carboxylic acids is 1. The number of hydrogen-bond acceptors (Lipinski definition) is 4. The molecular weight excluding hydrogens is 398 g/mol. The Morgan fingerprint density at radius 1 is 1.03 bits per heavy atom. The zero-order valence-electron chi connectivity index (χ0n) is 18.4. The molecule has 0 spiro atoms. The average molecular weight is 430 g/mol. The summed E-state index contributed by atoms with van der Waals surface area (Å²) in [6.45, 7) is 4.05. The standard InChI is InChI=1S/C27H31N3O2/c1-27(21-8-4-2-5-9-21,22-10-6-3-7-11-22)26(32)29-25(19-30-17-16-24(31)18-30)20-12-14-23(28)15-13-20/h2-15,24-25,31H,16-19,28H2,1H3,(H,29,32)/t24?,25-/m1/s1. The Hall–Kier alpha value is -3.15. The van der Waals surface area contributed by atoms with Crippen LogP contribution < -0.4 is 11.1 Å². The second-order valence-electron chi connectivity index (χ2n) is 8.75. The van der Waals surface area contributed by atoms with Crippen molar-refractivity contribution in [2.45, 2.75) is 30.9 Å². The van der Waals surface area contributed by atoms with Crippen LogP contribution >= 0.6 is 0 Å². The van der Waals surface area contributed by atoms with Gasteiger partial charge in [0.25, 0.3) is 0 Å². The Balaban J connectivity index is 1.67. The van der Waals surface area contributed by atoms with E-state index in [2.05, 4.69) is 10.2 Å². The van der Waals surface area contributed by atoms with E-state index in [9.17, 15) is 9.90 Å². The van der Waals surface area contributed by atoms with Crippen LogP contribution in [-0.2, 0) is 10.2 Å². The van der Waals surface area contributed by atoms with Gasteiger partial charge in [-0.1, -0.05) is 72.8 Å². The fraction of sp³-hybridized carbons (Fsp3) is 0.296. The molecule has 2 atom stereocenters. The topological polar surface area (TPSA) is 78.6 Å². The Morgan fingerprint density at radius 2 is 1.59 bits per heavy atom. The number of hydrogen-bond donors (Lipinski definition) is 3. The lowest BCUT2D eigenvalue weighted by atomic mass is 9.75. The van der Waals surface area contributed by atoms with Crippen LogP contribution in [0.15, 0.2) is 84.9 Å². The molecule has 1 fully saturated rings. The molecule has 5 nitrogen and oxygen atoms in total. The summed E-state index contributed by atoms with van der Waals surface area (Å²) in [5, 5.41) is 13.3. The lowest BCUT2D eigenvalue weighted by molar-refractivity contribution is -0.125. The molecule has 166 valence electrons. The summed E-state index contributed by atoms with van der Waals surface area (Å²) in [5.74, 6) is -0.0588. The molecule has 0 aliphatic carbocycles. The molecule has 1 heterocycles. The van der Waals surface area contributed by atoms with Gasteiger partial charge in [0.2, 0.25) is 5.91 Å². The van der Waals surface area contributed by atoms with Crippen molar-refractivity contribution >= 4 is 11.6 Å². The number of β-amino-alcohol motifs (C(OH)–C–C–N with tert-alkyl or cyclic N) is 1. The van der Waals surface area contributed by atoms with Crippen molar-refractivity contribution in [2.75, 3.05) is 25.4 Å². The Bertz CT molecular complexity index is 982. The molecule has 4 rings (SSSR count). The van der Waals surface area contributed by atoms with Crippen LogP contribution in [0.1, 0.15) is 36.1 Å². The molecule has 1 aliphatic heterocycles. The van der Waals surface area contributed by atoms with Crippen molar-refractivity contribution in [1.82, 2.24) is 10.2 Å². The van der Waals surface area contributed by atoms with E-state index in [1.165, 1.54) is 0 Å². The van der Waals surface area contributed by atoms with Crippen LogP contribution in [0.3, 0.4) is 0 Å². The molecule has 0 aromatic heterocycles. The number of rotatable bonds is 7. The Labute approximate surface area is 189 Å². The third-order valence-corrected chi connectivity index (χ3v) is 6.49. The molecular formula is C27H31N3O2. The van der Waals surface area contributed by atoms with Gasteiger partial charge in [-0.25, -0.2) is 0 Å². The molecule has 0 radical (unpaired) electrons. The SMILES string of the molecule is CC(C(=O)N[C@H](CN1CCC(O)C1)c1ccc(N)cc1)(c1ccccc1)c1ccccc1. The van der Waals surface area contributed by atoms with Crippen LogP contribution in [0.2, 0.25) is 0 Å². The van der Waals surface area contributed by atoms with Gasteiger partial charge < -0.3 is 16.2 Å². The highest BCUT2D eigenvalue weighted by Gasteiger charge is 2.38. The van der Waals surface area contributed by atoms with E-state index in [4.69, 9.17) is 5.73 Å². The number of amides is 1. The molecule has 1 aliphatic rings. The maximum absolute atomic E-state index is 14.0. The minimum absolute atomic E-state index is 0.0588. The van der Waals surface area contributed by atoms with E-state index < -0.39 is 5.41 Å². The first-order valence-corrected chi connectivity index (χ1v) is 11.1. The van der Waals surface area contributed by atoms with E-state index in [1.54, 1.807) is 0 Å². The summed E-state index contributed by atoms with van der Waals surface area (Å²) in [4.78, 5) is 16.2. The maximum Gasteiger partial charge on any atom is 0.235 e. The number of nitrogens with one attached hydrogen (secondary N) is 1. The summed E-state index contributed by atoms with van der Waals surface area (Å²) < 4.78 is 0. The van der Waals surface area contributed by atoms with Crippen LogP contribution in [-0.4, -0.2) is 41.7 Å². The number of aliphatic hydroxyl groups excluding tert-OH is 1. The molecule has 5 heteroatoms. The predicted octanol–water partition coefficient (Wildman–Crippen LogP) is 3.50. The van der Waals surface area contributed by atoms with E-state index in [-0.39, 0.29) is 18.1 Å². The van der Waals surface area contributed by atoms with Gasteiger partial charge in [-0.05, 0) is 42.2 Å². The van der Waals surface area contributed by atoms with E-state index >= 15 is 0 Å². The molecule has 4 N–H and O–H groups in total. The maximum atomic E-state index is 14.0. The number of benzene rings is 3. The van der Waals surface area contributed by atoms with Gasteiger partial charge in [0.1, 0.15) is 0 Å². The fourth-order valence-electron chi connectivity index (χ4n) is 4.47. The van der Waals surface area contributed by atoms with Gasteiger partial charge >= 0.3 is 0 Å². The largest absolute Gasteiger partial charge is 0.399 e. The molecule has 3 aromatic carbocycles. The first kappa shape index (κ1) is 22.1. The first-order chi connectivity index (χ1) is 15.5. The van der Waals surface area contributed by atoms with Crippen LogP contribution in [0.5, 0.6) is 0 Å². The number of likely N-dealkylation sites (tertiary alicyclic amines) is 1. The van der Waals surface area contributed by atoms with Gasteiger partial charge in [-0.15, -0.1) is 0 Å². The van der Waals surface area contributed by atoms with Gasteiger partial charge in [0.05, 0.1) is 17.6 Å². The molecule has 3 aromatic rings. The van der Waals surface area contributed by atoms with Crippen molar-refractivity contribution in [3.63, 3.8) is 0 Å². The minimum Gasteiger partial charge on any atom is -0.399 e.